The molecule has 2 aromatic rings. The van der Waals surface area contributed by atoms with Gasteiger partial charge >= 0.3 is 12.0 Å². The minimum absolute atomic E-state index is 0.0549. The molecule has 1 aliphatic heterocycles. The molecule has 0 saturated carbocycles. The van der Waals surface area contributed by atoms with E-state index < -0.39 is 0 Å². The lowest BCUT2D eigenvalue weighted by Gasteiger charge is -2.40. The van der Waals surface area contributed by atoms with Crippen LogP contribution in [0.5, 0.6) is 0 Å². The van der Waals surface area contributed by atoms with Crippen molar-refractivity contribution in [1.29, 1.82) is 0 Å². The molecular formula is C29H42ClN5O4S. The van der Waals surface area contributed by atoms with Gasteiger partial charge in [0.05, 0.1) is 18.4 Å². The van der Waals surface area contributed by atoms with Crippen LogP contribution in [0.1, 0.15) is 72.6 Å². The van der Waals surface area contributed by atoms with Crippen molar-refractivity contribution in [1.82, 2.24) is 25.4 Å². The fourth-order valence-electron chi connectivity index (χ4n) is 5.17. The molecule has 1 atom stereocenters. The Morgan fingerprint density at radius 3 is 2.60 bits per heavy atom. The Bertz CT molecular complexity index is 1100. The standard InChI is InChI=1S/C29H42ClN5O4S/c1-20-17-25(30)33-22(3)27(20)28(37)31-13-8-21(2)34-14-9-24(10-15-34)35(18-23-11-16-40-19-23)29(38)32-12-6-5-7-26(36)39-4/h11,16-17,19,21,24H,5-10,12-15,18H2,1-4H3,(H,31,37)(H,32,38)/t21-/m1/s1. The topological polar surface area (TPSA) is 104 Å². The minimum Gasteiger partial charge on any atom is -0.469 e. The number of halogens is 1. The van der Waals surface area contributed by atoms with E-state index in [0.29, 0.717) is 54.9 Å². The number of esters is 1. The number of pyridine rings is 1. The predicted molar refractivity (Wildman–Crippen MR) is 159 cm³/mol. The van der Waals surface area contributed by atoms with Gasteiger partial charge in [-0.3, -0.25) is 9.59 Å². The molecule has 0 bridgehead atoms. The van der Waals surface area contributed by atoms with Crippen LogP contribution in [-0.4, -0.2) is 78.1 Å². The number of nitrogens with one attached hydrogen (secondary N) is 2. The third kappa shape index (κ3) is 9.45. The maximum Gasteiger partial charge on any atom is 0.317 e. The van der Waals surface area contributed by atoms with Crippen molar-refractivity contribution < 1.29 is 19.1 Å². The van der Waals surface area contributed by atoms with Crippen molar-refractivity contribution in [2.75, 3.05) is 33.3 Å². The average Bonchev–Trinajstić information content (AvgIpc) is 3.44. The molecule has 0 aromatic carbocycles. The smallest absolute Gasteiger partial charge is 0.317 e. The van der Waals surface area contributed by atoms with Crippen molar-refractivity contribution >= 4 is 40.8 Å². The number of thiophene rings is 1. The molecule has 40 heavy (non-hydrogen) atoms. The molecule has 1 saturated heterocycles. The van der Waals surface area contributed by atoms with E-state index in [1.54, 1.807) is 24.3 Å². The van der Waals surface area contributed by atoms with Gasteiger partial charge in [-0.05, 0) is 86.9 Å². The highest BCUT2D eigenvalue weighted by molar-refractivity contribution is 7.07. The number of hydrogen-bond acceptors (Lipinski definition) is 7. The molecule has 2 aromatic heterocycles. The molecule has 0 spiro atoms. The van der Waals surface area contributed by atoms with Crippen LogP contribution in [0.4, 0.5) is 4.79 Å². The Morgan fingerprint density at radius 2 is 1.95 bits per heavy atom. The zero-order valence-corrected chi connectivity index (χ0v) is 25.6. The van der Waals surface area contributed by atoms with E-state index in [1.165, 1.54) is 7.11 Å². The second kappa shape index (κ2) is 15.9. The summed E-state index contributed by atoms with van der Waals surface area (Å²) >= 11 is 7.64. The summed E-state index contributed by atoms with van der Waals surface area (Å²) in [6.45, 7) is 9.34. The molecule has 3 rings (SSSR count). The number of rotatable bonds is 13. The average molecular weight is 592 g/mol. The van der Waals surface area contributed by atoms with Crippen LogP contribution in [0.2, 0.25) is 5.15 Å². The first kappa shape index (κ1) is 31.8. The number of carbonyl (C=O) groups is 3. The fourth-order valence-corrected chi connectivity index (χ4v) is 6.12. The molecule has 0 radical (unpaired) electrons. The minimum atomic E-state index is -0.224. The van der Waals surface area contributed by atoms with E-state index in [-0.39, 0.29) is 23.9 Å². The van der Waals surface area contributed by atoms with Crippen molar-refractivity contribution in [2.24, 2.45) is 0 Å². The van der Waals surface area contributed by atoms with Crippen molar-refractivity contribution in [2.45, 2.75) is 77.9 Å². The quantitative estimate of drug-likeness (QED) is 0.194. The van der Waals surface area contributed by atoms with Gasteiger partial charge in [0.2, 0.25) is 0 Å². The number of nitrogens with zero attached hydrogens (tertiary/aromatic N) is 3. The molecular weight excluding hydrogens is 550 g/mol. The zero-order chi connectivity index (χ0) is 29.1. The molecule has 1 aliphatic rings. The molecule has 0 unspecified atom stereocenters. The van der Waals surface area contributed by atoms with Gasteiger partial charge in [0.15, 0.2) is 0 Å². The maximum absolute atomic E-state index is 13.2. The monoisotopic (exact) mass is 591 g/mol. The number of ether oxygens (including phenoxy) is 1. The Labute approximate surface area is 246 Å². The van der Waals surface area contributed by atoms with Crippen molar-refractivity contribution in [3.63, 3.8) is 0 Å². The third-order valence-corrected chi connectivity index (χ3v) is 8.44. The SMILES string of the molecule is COC(=O)CCCCNC(=O)N(Cc1ccsc1)C1CCN([C@H](C)CCNC(=O)c2c(C)cc(Cl)nc2C)CC1. The van der Waals surface area contributed by atoms with Crippen LogP contribution in [0.25, 0.3) is 0 Å². The molecule has 3 amide bonds. The highest BCUT2D eigenvalue weighted by Gasteiger charge is 2.29. The Balaban J connectivity index is 1.46. The lowest BCUT2D eigenvalue weighted by Crippen LogP contribution is -2.52. The number of hydrogen-bond donors (Lipinski definition) is 2. The van der Waals surface area contributed by atoms with Crippen LogP contribution in [-0.2, 0) is 16.1 Å². The number of carbonyl (C=O) groups excluding carboxylic acids is 3. The molecule has 11 heteroatoms. The lowest BCUT2D eigenvalue weighted by atomic mass is 10.0. The normalized spacial score (nSPS) is 14.9. The van der Waals surface area contributed by atoms with Gasteiger partial charge in [-0.1, -0.05) is 11.6 Å². The van der Waals surface area contributed by atoms with Gasteiger partial charge in [-0.15, -0.1) is 0 Å². The number of urea groups is 1. The van der Waals surface area contributed by atoms with Gasteiger partial charge in [0.25, 0.3) is 5.91 Å². The summed E-state index contributed by atoms with van der Waals surface area (Å²) in [6, 6.07) is 4.18. The third-order valence-electron chi connectivity index (χ3n) is 7.51. The lowest BCUT2D eigenvalue weighted by molar-refractivity contribution is -0.140. The first-order valence-corrected chi connectivity index (χ1v) is 15.3. The summed E-state index contributed by atoms with van der Waals surface area (Å²) < 4.78 is 4.68. The number of methoxy groups -OCH3 is 1. The first-order valence-electron chi connectivity index (χ1n) is 14.0. The molecule has 2 N–H and O–H groups in total. The van der Waals surface area contributed by atoms with Crippen LogP contribution >= 0.6 is 22.9 Å². The number of piperidine rings is 1. The zero-order valence-electron chi connectivity index (χ0n) is 24.0. The number of likely N-dealkylation sites (tertiary alicyclic amines) is 1. The van der Waals surface area contributed by atoms with Gasteiger partial charge in [-0.25, -0.2) is 9.78 Å². The summed E-state index contributed by atoms with van der Waals surface area (Å²) in [6.07, 6.45) is 4.40. The van der Waals surface area contributed by atoms with Gasteiger partial charge in [0.1, 0.15) is 5.15 Å². The van der Waals surface area contributed by atoms with E-state index in [0.717, 1.165) is 49.9 Å². The molecule has 9 nitrogen and oxygen atoms in total. The highest BCUT2D eigenvalue weighted by Crippen LogP contribution is 2.22. The molecule has 220 valence electrons. The van der Waals surface area contributed by atoms with Crippen molar-refractivity contribution in [3.8, 4) is 0 Å². The predicted octanol–water partition coefficient (Wildman–Crippen LogP) is 4.94. The van der Waals surface area contributed by atoms with E-state index in [1.807, 2.05) is 17.2 Å². The van der Waals surface area contributed by atoms with Crippen molar-refractivity contribution in [3.05, 3.63) is 50.4 Å². The molecule has 3 heterocycles. The summed E-state index contributed by atoms with van der Waals surface area (Å²) in [5.41, 5.74) is 3.18. The Kier molecular flexibility index (Phi) is 12.7. The summed E-state index contributed by atoms with van der Waals surface area (Å²) in [5.74, 6) is -0.344. The molecule has 0 aliphatic carbocycles. The number of unbranched alkanes of at least 4 members (excludes halogenated alkanes) is 1. The largest absolute Gasteiger partial charge is 0.469 e. The fraction of sp³-hybridized carbons (Fsp3) is 0.586. The van der Waals surface area contributed by atoms with Crippen LogP contribution in [0.15, 0.2) is 22.9 Å². The molecule has 1 fully saturated rings. The second-order valence-electron chi connectivity index (χ2n) is 10.4. The van der Waals surface area contributed by atoms with E-state index >= 15 is 0 Å². The Hall–Kier alpha value is -2.69. The van der Waals surface area contributed by atoms with Gasteiger partial charge in [-0.2, -0.15) is 11.3 Å². The van der Waals surface area contributed by atoms with Crippen LogP contribution in [0.3, 0.4) is 0 Å². The van der Waals surface area contributed by atoms with Gasteiger partial charge in [0, 0.05) is 51.2 Å². The summed E-state index contributed by atoms with van der Waals surface area (Å²) in [7, 11) is 1.39. The first-order chi connectivity index (χ1) is 19.2. The van der Waals surface area contributed by atoms with E-state index in [4.69, 9.17) is 11.6 Å². The highest BCUT2D eigenvalue weighted by atomic mass is 35.5. The number of amides is 3. The van der Waals surface area contributed by atoms with E-state index in [2.05, 4.69) is 43.6 Å². The second-order valence-corrected chi connectivity index (χ2v) is 11.6. The number of aryl methyl sites for hydroxylation is 2. The van der Waals surface area contributed by atoms with Gasteiger partial charge < -0.3 is 25.2 Å². The maximum atomic E-state index is 13.2. The summed E-state index contributed by atoms with van der Waals surface area (Å²) in [4.78, 5) is 45.9. The van der Waals surface area contributed by atoms with Crippen LogP contribution in [0, 0.1) is 13.8 Å². The Morgan fingerprint density at radius 1 is 1.20 bits per heavy atom. The number of aromatic nitrogens is 1. The van der Waals surface area contributed by atoms with Crippen LogP contribution < -0.4 is 10.6 Å². The van der Waals surface area contributed by atoms with E-state index in [9.17, 15) is 14.4 Å². The summed E-state index contributed by atoms with van der Waals surface area (Å²) in [5, 5.41) is 10.6.